The maximum Gasteiger partial charge on any atom is 0.416 e. The minimum absolute atomic E-state index is 0.210. The van der Waals surface area contributed by atoms with Gasteiger partial charge in [-0.1, -0.05) is 42.4 Å². The Morgan fingerprint density at radius 1 is 1.35 bits per heavy atom. The number of carbonyl (C=O) groups excluding carboxylic acids is 2. The number of ether oxygens (including phenoxy) is 1. The summed E-state index contributed by atoms with van der Waals surface area (Å²) >= 11 is 0. The quantitative estimate of drug-likeness (QED) is 0.817. The average Bonchev–Trinajstić information content (AvgIpc) is 3.05. The molecule has 1 aromatic rings. The highest BCUT2D eigenvalue weighted by atomic mass is 16.6. The van der Waals surface area contributed by atoms with Crippen LogP contribution in [0.3, 0.4) is 0 Å². The fraction of sp³-hybridized carbons (Fsp3) is 0.357. The second kappa shape index (κ2) is 4.96. The summed E-state index contributed by atoms with van der Waals surface area (Å²) in [5.41, 5.74) is 1.64. The second-order valence-corrected chi connectivity index (χ2v) is 4.76. The predicted molar refractivity (Wildman–Crippen MR) is 70.1 cm³/mol. The molecule has 0 N–H and O–H groups in total. The van der Waals surface area contributed by atoms with Crippen LogP contribution in [0.25, 0.3) is 0 Å². The Kier molecular flexibility index (Phi) is 3.14. The van der Waals surface area contributed by atoms with Crippen LogP contribution in [-0.2, 0) is 14.4 Å². The van der Waals surface area contributed by atoms with E-state index in [1.54, 1.807) is 0 Å². The number of oxime groups is 1. The van der Waals surface area contributed by atoms with Crippen molar-refractivity contribution in [3.63, 3.8) is 0 Å². The summed E-state index contributed by atoms with van der Waals surface area (Å²) in [6.45, 7) is 2.37. The van der Waals surface area contributed by atoms with Crippen LogP contribution in [0.1, 0.15) is 12.5 Å². The van der Waals surface area contributed by atoms with E-state index >= 15 is 0 Å². The van der Waals surface area contributed by atoms with Gasteiger partial charge in [-0.05, 0) is 5.56 Å². The monoisotopic (exact) mass is 274 g/mol. The van der Waals surface area contributed by atoms with Crippen molar-refractivity contribution in [2.45, 2.75) is 13.0 Å². The van der Waals surface area contributed by atoms with Crippen LogP contribution in [-0.4, -0.2) is 41.9 Å². The molecule has 2 heterocycles. The molecule has 0 spiro atoms. The van der Waals surface area contributed by atoms with Gasteiger partial charge in [0.05, 0.1) is 18.2 Å². The van der Waals surface area contributed by atoms with Crippen LogP contribution in [0.5, 0.6) is 0 Å². The average molecular weight is 274 g/mol. The minimum Gasteiger partial charge on any atom is -0.447 e. The van der Waals surface area contributed by atoms with E-state index in [0.717, 1.165) is 16.2 Å². The second-order valence-electron chi connectivity index (χ2n) is 4.76. The van der Waals surface area contributed by atoms with E-state index in [9.17, 15) is 9.59 Å². The van der Waals surface area contributed by atoms with Gasteiger partial charge in [-0.3, -0.25) is 4.79 Å². The van der Waals surface area contributed by atoms with Crippen molar-refractivity contribution in [3.8, 4) is 0 Å². The summed E-state index contributed by atoms with van der Waals surface area (Å²) in [6.07, 6.45) is -1.38. The van der Waals surface area contributed by atoms with Crippen molar-refractivity contribution in [3.05, 3.63) is 35.9 Å². The number of carbonyl (C=O) groups is 2. The largest absolute Gasteiger partial charge is 0.447 e. The number of imide groups is 1. The molecule has 20 heavy (non-hydrogen) atoms. The third-order valence-electron chi connectivity index (χ3n) is 3.49. The summed E-state index contributed by atoms with van der Waals surface area (Å²) < 4.78 is 4.77. The Labute approximate surface area is 115 Å². The summed E-state index contributed by atoms with van der Waals surface area (Å²) in [5.74, 6) is -0.604. The van der Waals surface area contributed by atoms with Gasteiger partial charge >= 0.3 is 6.09 Å². The van der Waals surface area contributed by atoms with E-state index in [-0.39, 0.29) is 19.1 Å². The number of rotatable bonds is 2. The lowest BCUT2D eigenvalue weighted by Gasteiger charge is -2.18. The lowest BCUT2D eigenvalue weighted by Crippen LogP contribution is -2.43. The van der Waals surface area contributed by atoms with E-state index < -0.39 is 18.1 Å². The highest BCUT2D eigenvalue weighted by molar-refractivity contribution is 6.07. The van der Waals surface area contributed by atoms with Gasteiger partial charge < -0.3 is 9.57 Å². The Hall–Kier alpha value is -2.37. The molecule has 1 fully saturated rings. The zero-order valence-corrected chi connectivity index (χ0v) is 11.0. The Morgan fingerprint density at radius 3 is 2.75 bits per heavy atom. The van der Waals surface area contributed by atoms with Crippen LogP contribution >= 0.6 is 0 Å². The van der Waals surface area contributed by atoms with Crippen LogP contribution in [0, 0.1) is 5.92 Å². The molecule has 1 aromatic carbocycles. The van der Waals surface area contributed by atoms with Gasteiger partial charge in [0.1, 0.15) is 6.61 Å². The lowest BCUT2D eigenvalue weighted by molar-refractivity contribution is -0.140. The summed E-state index contributed by atoms with van der Waals surface area (Å²) in [4.78, 5) is 30.0. The van der Waals surface area contributed by atoms with Crippen LogP contribution in [0.4, 0.5) is 4.79 Å². The van der Waals surface area contributed by atoms with E-state index in [4.69, 9.17) is 9.57 Å². The molecule has 1 saturated heterocycles. The Balaban J connectivity index is 1.76. The van der Waals surface area contributed by atoms with Gasteiger partial charge in [0, 0.05) is 0 Å². The Bertz CT molecular complexity index is 570. The SMILES string of the molecule is CC1C(c2ccccc2)=NOC1C(=O)N1CCOC1=O. The van der Waals surface area contributed by atoms with E-state index in [1.165, 1.54) is 0 Å². The fourth-order valence-corrected chi connectivity index (χ4v) is 2.36. The van der Waals surface area contributed by atoms with E-state index in [2.05, 4.69) is 5.16 Å². The van der Waals surface area contributed by atoms with Gasteiger partial charge in [-0.25, -0.2) is 9.69 Å². The number of hydrogen-bond donors (Lipinski definition) is 0. The molecule has 2 amide bonds. The van der Waals surface area contributed by atoms with Crippen LogP contribution in [0.2, 0.25) is 0 Å². The molecule has 104 valence electrons. The van der Waals surface area contributed by atoms with Crippen molar-refractivity contribution in [2.75, 3.05) is 13.2 Å². The maximum absolute atomic E-state index is 12.3. The molecule has 0 saturated carbocycles. The maximum atomic E-state index is 12.3. The molecule has 0 aromatic heterocycles. The minimum atomic E-state index is -0.768. The molecule has 6 nitrogen and oxygen atoms in total. The van der Waals surface area contributed by atoms with Gasteiger partial charge in [0.2, 0.25) is 6.10 Å². The van der Waals surface area contributed by atoms with Crippen molar-refractivity contribution in [2.24, 2.45) is 11.1 Å². The molecule has 2 atom stereocenters. The van der Waals surface area contributed by atoms with E-state index in [0.29, 0.717) is 0 Å². The van der Waals surface area contributed by atoms with Crippen molar-refractivity contribution in [1.29, 1.82) is 0 Å². The molecule has 0 aliphatic carbocycles. The molecular weight excluding hydrogens is 260 g/mol. The number of hydrogen-bond acceptors (Lipinski definition) is 5. The molecule has 6 heteroatoms. The Morgan fingerprint density at radius 2 is 2.10 bits per heavy atom. The number of benzene rings is 1. The first-order valence-electron chi connectivity index (χ1n) is 6.46. The predicted octanol–water partition coefficient (Wildman–Crippen LogP) is 1.40. The van der Waals surface area contributed by atoms with Gasteiger partial charge in [-0.15, -0.1) is 0 Å². The first-order chi connectivity index (χ1) is 9.68. The number of amides is 2. The van der Waals surface area contributed by atoms with Gasteiger partial charge in [-0.2, -0.15) is 0 Å². The third-order valence-corrected chi connectivity index (χ3v) is 3.49. The molecular formula is C14H14N2O4. The third kappa shape index (κ3) is 2.03. The zero-order valence-electron chi connectivity index (χ0n) is 11.0. The molecule has 2 unspecified atom stereocenters. The van der Waals surface area contributed by atoms with Gasteiger partial charge in [0.15, 0.2) is 0 Å². The van der Waals surface area contributed by atoms with Crippen LogP contribution < -0.4 is 0 Å². The summed E-state index contributed by atoms with van der Waals surface area (Å²) in [6, 6.07) is 9.54. The van der Waals surface area contributed by atoms with Crippen molar-refractivity contribution >= 4 is 17.7 Å². The van der Waals surface area contributed by atoms with Crippen molar-refractivity contribution in [1.82, 2.24) is 4.90 Å². The lowest BCUT2D eigenvalue weighted by atomic mass is 9.93. The van der Waals surface area contributed by atoms with E-state index in [1.807, 2.05) is 37.3 Å². The molecule has 2 aliphatic heterocycles. The standard InChI is InChI=1S/C14H14N2O4/c1-9-11(10-5-3-2-4-6-10)15-20-12(9)13(17)16-7-8-19-14(16)18/h2-6,9,12H,7-8H2,1H3. The fourth-order valence-electron chi connectivity index (χ4n) is 2.36. The first-order valence-corrected chi connectivity index (χ1v) is 6.46. The highest BCUT2D eigenvalue weighted by Gasteiger charge is 2.42. The topological polar surface area (TPSA) is 68.2 Å². The zero-order chi connectivity index (χ0) is 14.1. The highest BCUT2D eigenvalue weighted by Crippen LogP contribution is 2.25. The van der Waals surface area contributed by atoms with Crippen molar-refractivity contribution < 1.29 is 19.2 Å². The number of nitrogens with zero attached hydrogens (tertiary/aromatic N) is 2. The molecule has 0 radical (unpaired) electrons. The van der Waals surface area contributed by atoms with Gasteiger partial charge in [0.25, 0.3) is 5.91 Å². The first kappa shape index (κ1) is 12.7. The summed E-state index contributed by atoms with van der Waals surface area (Å²) in [5, 5.41) is 4.00. The smallest absolute Gasteiger partial charge is 0.416 e. The normalized spacial score (nSPS) is 25.1. The molecule has 2 aliphatic rings. The molecule has 3 rings (SSSR count). The summed E-state index contributed by atoms with van der Waals surface area (Å²) in [7, 11) is 0. The number of cyclic esters (lactones) is 1. The molecule has 0 bridgehead atoms. The van der Waals surface area contributed by atoms with Crippen LogP contribution in [0.15, 0.2) is 35.5 Å².